The predicted octanol–water partition coefficient (Wildman–Crippen LogP) is -1.46. The Morgan fingerprint density at radius 3 is 3.15 bits per heavy atom. The first-order valence-corrected chi connectivity index (χ1v) is 3.80. The van der Waals surface area contributed by atoms with E-state index in [0.717, 1.165) is 0 Å². The smallest absolute Gasteiger partial charge is 0.274 e. The highest BCUT2D eigenvalue weighted by atomic mass is 16.3. The molecule has 1 fully saturated rings. The molecule has 2 aliphatic heterocycles. The highest BCUT2D eigenvalue weighted by Crippen LogP contribution is 2.18. The summed E-state index contributed by atoms with van der Waals surface area (Å²) in [4.78, 5) is 11.2. The van der Waals surface area contributed by atoms with E-state index in [1.807, 2.05) is 0 Å². The fraction of sp³-hybridized carbons (Fsp3) is 0.286. The molecule has 4 N–H and O–H groups in total. The molecule has 1 amide bonds. The standard InChI is InChI=1S/C7H9N3O3/c11-4-1-2-10-5(6(4)12)7(13)8-3-9-10/h1-2,4,9,11-12H,3H2,(H,8,13). The molecule has 0 aromatic rings. The van der Waals surface area contributed by atoms with E-state index in [4.69, 9.17) is 0 Å². The second-order valence-corrected chi connectivity index (χ2v) is 2.73. The number of fused-ring (bicyclic) bond motifs is 1. The van der Waals surface area contributed by atoms with Gasteiger partial charge in [0.2, 0.25) is 0 Å². The van der Waals surface area contributed by atoms with E-state index < -0.39 is 12.0 Å². The van der Waals surface area contributed by atoms with Crippen LogP contribution in [0.15, 0.2) is 23.7 Å². The van der Waals surface area contributed by atoms with Gasteiger partial charge in [0.05, 0.1) is 6.67 Å². The largest absolute Gasteiger partial charge is 0.507 e. The molecular weight excluding hydrogens is 174 g/mol. The maximum atomic E-state index is 11.2. The van der Waals surface area contributed by atoms with Crippen LogP contribution in [0.5, 0.6) is 0 Å². The molecule has 6 heteroatoms. The summed E-state index contributed by atoms with van der Waals surface area (Å²) in [7, 11) is 0. The van der Waals surface area contributed by atoms with Gasteiger partial charge in [0.25, 0.3) is 5.91 Å². The zero-order valence-electron chi connectivity index (χ0n) is 6.69. The lowest BCUT2D eigenvalue weighted by Gasteiger charge is -2.32. The number of hydrogen-bond acceptors (Lipinski definition) is 5. The minimum Gasteiger partial charge on any atom is -0.507 e. The van der Waals surface area contributed by atoms with Gasteiger partial charge in [-0.1, -0.05) is 0 Å². The van der Waals surface area contributed by atoms with Crippen LogP contribution in [-0.4, -0.2) is 33.9 Å². The molecule has 13 heavy (non-hydrogen) atoms. The van der Waals surface area contributed by atoms with Crippen LogP contribution in [0, 0.1) is 0 Å². The molecular formula is C7H9N3O3. The molecule has 0 spiro atoms. The average Bonchev–Trinajstić information content (AvgIpc) is 2.12. The van der Waals surface area contributed by atoms with Crippen molar-refractivity contribution in [1.82, 2.24) is 15.8 Å². The fourth-order valence-corrected chi connectivity index (χ4v) is 1.24. The third-order valence-corrected chi connectivity index (χ3v) is 1.89. The van der Waals surface area contributed by atoms with Crippen LogP contribution in [0.3, 0.4) is 0 Å². The Morgan fingerprint density at radius 2 is 2.38 bits per heavy atom. The number of amides is 1. The molecule has 70 valence electrons. The normalized spacial score (nSPS) is 27.3. The summed E-state index contributed by atoms with van der Waals surface area (Å²) in [5, 5.41) is 22.4. The van der Waals surface area contributed by atoms with Crippen molar-refractivity contribution < 1.29 is 15.0 Å². The highest BCUT2D eigenvalue weighted by molar-refractivity contribution is 5.94. The number of aliphatic hydroxyl groups is 2. The van der Waals surface area contributed by atoms with Crippen molar-refractivity contribution >= 4 is 5.91 Å². The van der Waals surface area contributed by atoms with E-state index >= 15 is 0 Å². The maximum absolute atomic E-state index is 11.2. The van der Waals surface area contributed by atoms with Gasteiger partial charge < -0.3 is 15.5 Å². The molecule has 1 saturated heterocycles. The number of aliphatic hydroxyl groups excluding tert-OH is 2. The zero-order chi connectivity index (χ0) is 9.42. The second-order valence-electron chi connectivity index (χ2n) is 2.73. The molecule has 0 aromatic carbocycles. The van der Waals surface area contributed by atoms with Crippen molar-refractivity contribution in [2.45, 2.75) is 6.10 Å². The third-order valence-electron chi connectivity index (χ3n) is 1.89. The molecule has 2 aliphatic rings. The van der Waals surface area contributed by atoms with Crippen molar-refractivity contribution in [3.63, 3.8) is 0 Å². The van der Waals surface area contributed by atoms with Crippen molar-refractivity contribution in [2.24, 2.45) is 0 Å². The molecule has 0 aromatic heterocycles. The number of nitrogens with zero attached hydrogens (tertiary/aromatic N) is 1. The Bertz CT molecular complexity index is 310. The van der Waals surface area contributed by atoms with Crippen LogP contribution in [0.1, 0.15) is 0 Å². The summed E-state index contributed by atoms with van der Waals surface area (Å²) in [6.45, 7) is 0.302. The Morgan fingerprint density at radius 1 is 1.62 bits per heavy atom. The van der Waals surface area contributed by atoms with Crippen LogP contribution in [0.4, 0.5) is 0 Å². The van der Waals surface area contributed by atoms with Gasteiger partial charge in [-0.25, -0.2) is 5.43 Å². The van der Waals surface area contributed by atoms with Gasteiger partial charge in [0.1, 0.15) is 6.10 Å². The van der Waals surface area contributed by atoms with Crippen molar-refractivity contribution in [3.8, 4) is 0 Å². The average molecular weight is 183 g/mol. The van der Waals surface area contributed by atoms with Gasteiger partial charge >= 0.3 is 0 Å². The van der Waals surface area contributed by atoms with Crippen LogP contribution in [0.2, 0.25) is 0 Å². The first kappa shape index (κ1) is 8.09. The number of hydrogen-bond donors (Lipinski definition) is 4. The highest BCUT2D eigenvalue weighted by Gasteiger charge is 2.30. The summed E-state index contributed by atoms with van der Waals surface area (Å²) < 4.78 is 0. The Kier molecular flexibility index (Phi) is 1.71. The van der Waals surface area contributed by atoms with Crippen LogP contribution in [-0.2, 0) is 4.79 Å². The summed E-state index contributed by atoms with van der Waals surface area (Å²) >= 11 is 0. The first-order chi connectivity index (χ1) is 6.20. The summed E-state index contributed by atoms with van der Waals surface area (Å²) in [5.41, 5.74) is 2.83. The van der Waals surface area contributed by atoms with Gasteiger partial charge in [-0.2, -0.15) is 0 Å². The SMILES string of the molecule is O=C1NCNN2C=CC(O)C(O)=C12. The first-order valence-electron chi connectivity index (χ1n) is 3.80. The summed E-state index contributed by atoms with van der Waals surface area (Å²) in [6, 6.07) is 0. The Balaban J connectivity index is 2.39. The van der Waals surface area contributed by atoms with Crippen LogP contribution >= 0.6 is 0 Å². The van der Waals surface area contributed by atoms with Crippen LogP contribution in [0.25, 0.3) is 0 Å². The van der Waals surface area contributed by atoms with Gasteiger partial charge in [-0.15, -0.1) is 0 Å². The van der Waals surface area contributed by atoms with E-state index in [1.54, 1.807) is 0 Å². The van der Waals surface area contributed by atoms with Crippen molar-refractivity contribution in [3.05, 3.63) is 23.7 Å². The summed E-state index contributed by atoms with van der Waals surface area (Å²) in [5.74, 6) is -0.744. The topological polar surface area (TPSA) is 84.8 Å². The number of rotatable bonds is 0. The molecule has 0 bridgehead atoms. The van der Waals surface area contributed by atoms with Gasteiger partial charge in [-0.3, -0.25) is 9.80 Å². The van der Waals surface area contributed by atoms with E-state index in [0.29, 0.717) is 6.67 Å². The molecule has 0 aliphatic carbocycles. The van der Waals surface area contributed by atoms with Crippen molar-refractivity contribution in [1.29, 1.82) is 0 Å². The monoisotopic (exact) mass is 183 g/mol. The van der Waals surface area contributed by atoms with Crippen LogP contribution < -0.4 is 10.7 Å². The molecule has 2 heterocycles. The number of nitrogens with one attached hydrogen (secondary N) is 2. The Labute approximate surface area is 74.1 Å². The second kappa shape index (κ2) is 2.75. The maximum Gasteiger partial charge on any atom is 0.274 e. The third kappa shape index (κ3) is 1.16. The van der Waals surface area contributed by atoms with E-state index in [-0.39, 0.29) is 11.5 Å². The van der Waals surface area contributed by atoms with E-state index in [9.17, 15) is 15.0 Å². The minimum atomic E-state index is -1.10. The van der Waals surface area contributed by atoms with Gasteiger partial charge in [0, 0.05) is 6.20 Å². The number of carbonyl (C=O) groups excluding carboxylic acids is 1. The lowest BCUT2D eigenvalue weighted by molar-refractivity contribution is -0.121. The summed E-state index contributed by atoms with van der Waals surface area (Å²) in [6.07, 6.45) is 1.78. The fourth-order valence-electron chi connectivity index (χ4n) is 1.24. The lowest BCUT2D eigenvalue weighted by atomic mass is 10.1. The van der Waals surface area contributed by atoms with Gasteiger partial charge in [0.15, 0.2) is 11.5 Å². The molecule has 6 nitrogen and oxygen atoms in total. The lowest BCUT2D eigenvalue weighted by Crippen LogP contribution is -2.53. The molecule has 1 unspecified atom stereocenters. The van der Waals surface area contributed by atoms with E-state index in [2.05, 4.69) is 10.7 Å². The zero-order valence-corrected chi connectivity index (χ0v) is 6.69. The minimum absolute atomic E-state index is 0.0428. The quantitative estimate of drug-likeness (QED) is 0.369. The number of hydrazine groups is 1. The predicted molar refractivity (Wildman–Crippen MR) is 42.8 cm³/mol. The van der Waals surface area contributed by atoms with Crippen molar-refractivity contribution in [2.75, 3.05) is 6.67 Å². The Hall–Kier alpha value is -1.53. The van der Waals surface area contributed by atoms with Gasteiger partial charge in [-0.05, 0) is 6.08 Å². The molecule has 0 saturated carbocycles. The molecule has 2 rings (SSSR count). The molecule has 1 atom stereocenters. The number of carbonyl (C=O) groups is 1. The van der Waals surface area contributed by atoms with E-state index in [1.165, 1.54) is 17.3 Å². The molecule has 0 radical (unpaired) electrons.